The second kappa shape index (κ2) is 5.55. The fraction of sp³-hybridized carbons (Fsp3) is 0.364. The number of aromatic nitrogens is 1. The van der Waals surface area contributed by atoms with Gasteiger partial charge in [-0.2, -0.15) is 0 Å². The number of hydrogen-bond acceptors (Lipinski definition) is 6. The monoisotopic (exact) mass is 283 g/mol. The van der Waals surface area contributed by atoms with Crippen LogP contribution in [0, 0.1) is 17.0 Å². The molecule has 96 valence electrons. The molecule has 2 rings (SSSR count). The molecule has 2 heterocycles. The van der Waals surface area contributed by atoms with Crippen molar-refractivity contribution in [2.45, 2.75) is 26.4 Å². The third kappa shape index (κ3) is 3.12. The van der Waals surface area contributed by atoms with Crippen LogP contribution in [-0.4, -0.2) is 9.91 Å². The number of rotatable bonds is 5. The molecule has 5 nitrogen and oxygen atoms in total. The molecule has 2 aromatic heterocycles. The Morgan fingerprint density at radius 3 is 2.89 bits per heavy atom. The molecule has 0 bridgehead atoms. The molecule has 0 aliphatic carbocycles. The van der Waals surface area contributed by atoms with E-state index in [1.54, 1.807) is 23.5 Å². The summed E-state index contributed by atoms with van der Waals surface area (Å²) in [5, 5.41) is 17.1. The summed E-state index contributed by atoms with van der Waals surface area (Å²) in [6, 6.07) is 3.49. The maximum Gasteiger partial charge on any atom is 0.324 e. The number of nitrogens with zero attached hydrogens (tertiary/aromatic N) is 2. The number of thiazole rings is 1. The first-order valence-corrected chi connectivity index (χ1v) is 7.14. The van der Waals surface area contributed by atoms with Crippen molar-refractivity contribution in [1.29, 1.82) is 0 Å². The summed E-state index contributed by atoms with van der Waals surface area (Å²) < 4.78 is 0. The molecule has 0 amide bonds. The Balaban J connectivity index is 1.92. The van der Waals surface area contributed by atoms with Crippen LogP contribution in [0.5, 0.6) is 0 Å². The van der Waals surface area contributed by atoms with Gasteiger partial charge in [-0.15, -0.1) is 11.3 Å². The van der Waals surface area contributed by atoms with Crippen molar-refractivity contribution in [3.8, 4) is 0 Å². The molecule has 0 aromatic carbocycles. The second-order valence-corrected chi connectivity index (χ2v) is 5.96. The molecule has 0 aliphatic heterocycles. The van der Waals surface area contributed by atoms with Gasteiger partial charge >= 0.3 is 5.00 Å². The Morgan fingerprint density at radius 2 is 2.33 bits per heavy atom. The molecular weight excluding hydrogens is 270 g/mol. The molecule has 7 heteroatoms. The van der Waals surface area contributed by atoms with E-state index in [-0.39, 0.29) is 16.0 Å². The first-order valence-electron chi connectivity index (χ1n) is 5.45. The molecule has 2 aromatic rings. The van der Waals surface area contributed by atoms with E-state index in [2.05, 4.69) is 10.3 Å². The fourth-order valence-electron chi connectivity index (χ4n) is 1.47. The summed E-state index contributed by atoms with van der Waals surface area (Å²) in [4.78, 5) is 15.6. The summed E-state index contributed by atoms with van der Waals surface area (Å²) >= 11 is 2.83. The fourth-order valence-corrected chi connectivity index (χ4v) is 3.07. The highest BCUT2D eigenvalue weighted by atomic mass is 32.1. The third-order valence-corrected chi connectivity index (χ3v) is 4.60. The predicted octanol–water partition coefficient (Wildman–Crippen LogP) is 3.27. The van der Waals surface area contributed by atoms with Crippen molar-refractivity contribution in [2.75, 3.05) is 0 Å². The Morgan fingerprint density at radius 1 is 1.56 bits per heavy atom. The normalized spacial score (nSPS) is 12.6. The van der Waals surface area contributed by atoms with Crippen LogP contribution < -0.4 is 5.32 Å². The highest BCUT2D eigenvalue weighted by molar-refractivity contribution is 7.15. The molecule has 1 unspecified atom stereocenters. The zero-order valence-corrected chi connectivity index (χ0v) is 11.7. The molecular formula is C11H13N3O2S2. The van der Waals surface area contributed by atoms with E-state index in [1.807, 2.05) is 19.2 Å². The van der Waals surface area contributed by atoms with Gasteiger partial charge in [-0.3, -0.25) is 10.1 Å². The largest absolute Gasteiger partial charge is 0.324 e. The van der Waals surface area contributed by atoms with Crippen molar-refractivity contribution in [1.82, 2.24) is 10.3 Å². The Bertz CT molecular complexity index is 550. The summed E-state index contributed by atoms with van der Waals surface area (Å²) in [7, 11) is 0. The predicted molar refractivity (Wildman–Crippen MR) is 73.1 cm³/mol. The lowest BCUT2D eigenvalue weighted by atomic mass is 10.3. The number of hydrogen-bond donors (Lipinski definition) is 1. The summed E-state index contributed by atoms with van der Waals surface area (Å²) in [5.41, 5.74) is 1.02. The molecule has 0 saturated carbocycles. The average Bonchev–Trinajstić information content (AvgIpc) is 2.94. The Hall–Kier alpha value is -1.31. The standard InChI is InChI=1S/C11H13N3O2S2/c1-7-6-17-11(13-7)8(2)12-5-9-3-4-10(18-9)14(15)16/h3-4,6,8,12H,5H2,1-2H3. The van der Waals surface area contributed by atoms with Gasteiger partial charge in [-0.05, 0) is 19.9 Å². The lowest BCUT2D eigenvalue weighted by Crippen LogP contribution is -2.17. The van der Waals surface area contributed by atoms with Crippen LogP contribution in [0.4, 0.5) is 5.00 Å². The van der Waals surface area contributed by atoms with Gasteiger partial charge in [0.05, 0.1) is 11.0 Å². The lowest BCUT2D eigenvalue weighted by molar-refractivity contribution is -0.380. The number of thiophene rings is 1. The van der Waals surface area contributed by atoms with Gasteiger partial charge in [-0.1, -0.05) is 11.3 Å². The molecule has 0 aliphatic rings. The van der Waals surface area contributed by atoms with Crippen LogP contribution in [0.2, 0.25) is 0 Å². The topological polar surface area (TPSA) is 68.1 Å². The van der Waals surface area contributed by atoms with Crippen LogP contribution in [0.1, 0.15) is 28.5 Å². The van der Waals surface area contributed by atoms with Gasteiger partial charge in [0.2, 0.25) is 0 Å². The van der Waals surface area contributed by atoms with Gasteiger partial charge in [0.1, 0.15) is 5.01 Å². The van der Waals surface area contributed by atoms with Gasteiger partial charge in [0.25, 0.3) is 0 Å². The number of nitro groups is 1. The van der Waals surface area contributed by atoms with Gasteiger partial charge in [0.15, 0.2) is 0 Å². The zero-order valence-electron chi connectivity index (χ0n) is 10.0. The van der Waals surface area contributed by atoms with Gasteiger partial charge in [-0.25, -0.2) is 4.98 Å². The van der Waals surface area contributed by atoms with Gasteiger partial charge in [0, 0.05) is 28.6 Å². The zero-order chi connectivity index (χ0) is 13.1. The molecule has 0 spiro atoms. The van der Waals surface area contributed by atoms with E-state index in [1.165, 1.54) is 11.3 Å². The number of aryl methyl sites for hydroxylation is 1. The maximum absolute atomic E-state index is 10.6. The van der Waals surface area contributed by atoms with Gasteiger partial charge < -0.3 is 5.32 Å². The second-order valence-electron chi connectivity index (χ2n) is 3.93. The van der Waals surface area contributed by atoms with E-state index in [9.17, 15) is 10.1 Å². The van der Waals surface area contributed by atoms with Crippen LogP contribution in [0.25, 0.3) is 0 Å². The first-order chi connectivity index (χ1) is 8.56. The van der Waals surface area contributed by atoms with E-state index in [4.69, 9.17) is 0 Å². The minimum absolute atomic E-state index is 0.157. The van der Waals surface area contributed by atoms with Crippen LogP contribution >= 0.6 is 22.7 Å². The van der Waals surface area contributed by atoms with Crippen LogP contribution in [-0.2, 0) is 6.54 Å². The van der Waals surface area contributed by atoms with E-state index in [0.717, 1.165) is 15.6 Å². The van der Waals surface area contributed by atoms with E-state index in [0.29, 0.717) is 6.54 Å². The van der Waals surface area contributed by atoms with Crippen molar-refractivity contribution in [3.05, 3.63) is 43.2 Å². The maximum atomic E-state index is 10.6. The van der Waals surface area contributed by atoms with Crippen LogP contribution in [0.3, 0.4) is 0 Å². The highest BCUT2D eigenvalue weighted by Crippen LogP contribution is 2.25. The third-order valence-electron chi connectivity index (χ3n) is 2.42. The lowest BCUT2D eigenvalue weighted by Gasteiger charge is -2.09. The highest BCUT2D eigenvalue weighted by Gasteiger charge is 2.12. The molecule has 1 N–H and O–H groups in total. The first kappa shape index (κ1) is 13.1. The minimum Gasteiger partial charge on any atom is -0.303 e. The van der Waals surface area contributed by atoms with Crippen LogP contribution in [0.15, 0.2) is 17.5 Å². The summed E-state index contributed by atoms with van der Waals surface area (Å²) in [6.45, 7) is 4.63. The average molecular weight is 283 g/mol. The van der Waals surface area contributed by atoms with E-state index >= 15 is 0 Å². The molecule has 0 fully saturated rings. The number of nitrogens with one attached hydrogen (secondary N) is 1. The molecule has 0 radical (unpaired) electrons. The molecule has 18 heavy (non-hydrogen) atoms. The van der Waals surface area contributed by atoms with Crippen molar-refractivity contribution < 1.29 is 4.92 Å². The van der Waals surface area contributed by atoms with Crippen molar-refractivity contribution >= 4 is 27.7 Å². The molecule has 0 saturated heterocycles. The summed E-state index contributed by atoms with van der Waals surface area (Å²) in [6.07, 6.45) is 0. The minimum atomic E-state index is -0.359. The SMILES string of the molecule is Cc1csc(C(C)NCc2ccc([N+](=O)[O-])s2)n1. The summed E-state index contributed by atoms with van der Waals surface area (Å²) in [5.74, 6) is 0. The van der Waals surface area contributed by atoms with Crippen molar-refractivity contribution in [3.63, 3.8) is 0 Å². The quantitative estimate of drug-likeness (QED) is 0.675. The van der Waals surface area contributed by atoms with E-state index < -0.39 is 0 Å². The Kier molecular flexibility index (Phi) is 4.05. The Labute approximate surface area is 113 Å². The van der Waals surface area contributed by atoms with Crippen molar-refractivity contribution in [2.24, 2.45) is 0 Å². The molecule has 1 atom stereocenters. The smallest absolute Gasteiger partial charge is 0.303 e.